The first-order valence-electron chi connectivity index (χ1n) is 9.00. The van der Waals surface area contributed by atoms with Gasteiger partial charge < -0.3 is 10.2 Å². The lowest BCUT2D eigenvalue weighted by molar-refractivity contribution is -0.115. The lowest BCUT2D eigenvalue weighted by atomic mass is 10.00. The average Bonchev–Trinajstić information content (AvgIpc) is 2.70. The van der Waals surface area contributed by atoms with Gasteiger partial charge in [0.05, 0.1) is 18.3 Å². The SMILES string of the molecule is O=C(Cc1ccccc1F)Nc1ccc(N2CCc3ccccc3C2)cn1. The summed E-state index contributed by atoms with van der Waals surface area (Å²) in [5.41, 5.74) is 4.14. The number of fused-ring (bicyclic) bond motifs is 1. The fraction of sp³-hybridized carbons (Fsp3) is 0.182. The van der Waals surface area contributed by atoms with Gasteiger partial charge in [0.15, 0.2) is 0 Å². The fourth-order valence-corrected chi connectivity index (χ4v) is 3.36. The highest BCUT2D eigenvalue weighted by atomic mass is 19.1. The number of carbonyl (C=O) groups excluding carboxylic acids is 1. The summed E-state index contributed by atoms with van der Waals surface area (Å²) >= 11 is 0. The quantitative estimate of drug-likeness (QED) is 0.765. The smallest absolute Gasteiger partial charge is 0.230 e. The van der Waals surface area contributed by atoms with E-state index in [9.17, 15) is 9.18 Å². The van der Waals surface area contributed by atoms with Gasteiger partial charge in [-0.05, 0) is 41.3 Å². The highest BCUT2D eigenvalue weighted by molar-refractivity contribution is 5.91. The Morgan fingerprint density at radius 3 is 2.59 bits per heavy atom. The Hall–Kier alpha value is -3.21. The molecule has 1 aliphatic heterocycles. The van der Waals surface area contributed by atoms with E-state index >= 15 is 0 Å². The van der Waals surface area contributed by atoms with E-state index in [1.165, 1.54) is 17.2 Å². The number of nitrogens with one attached hydrogen (secondary N) is 1. The molecular formula is C22H20FN3O. The van der Waals surface area contributed by atoms with Crippen molar-refractivity contribution in [1.82, 2.24) is 4.98 Å². The van der Waals surface area contributed by atoms with Crippen molar-refractivity contribution in [1.29, 1.82) is 0 Å². The minimum atomic E-state index is -0.374. The number of benzene rings is 2. The van der Waals surface area contributed by atoms with Gasteiger partial charge in [0.25, 0.3) is 0 Å². The van der Waals surface area contributed by atoms with Crippen molar-refractivity contribution >= 4 is 17.4 Å². The molecule has 136 valence electrons. The van der Waals surface area contributed by atoms with Crippen LogP contribution < -0.4 is 10.2 Å². The predicted molar refractivity (Wildman–Crippen MR) is 104 cm³/mol. The summed E-state index contributed by atoms with van der Waals surface area (Å²) in [6.45, 7) is 1.80. The number of anilines is 2. The summed E-state index contributed by atoms with van der Waals surface area (Å²) < 4.78 is 13.7. The topological polar surface area (TPSA) is 45.2 Å². The van der Waals surface area contributed by atoms with Crippen LogP contribution in [0.3, 0.4) is 0 Å². The Kier molecular flexibility index (Phi) is 4.83. The zero-order valence-electron chi connectivity index (χ0n) is 14.9. The molecule has 0 aliphatic carbocycles. The highest BCUT2D eigenvalue weighted by Gasteiger charge is 2.16. The number of rotatable bonds is 4. The fourth-order valence-electron chi connectivity index (χ4n) is 3.36. The summed E-state index contributed by atoms with van der Waals surface area (Å²) in [5.74, 6) is -0.189. The summed E-state index contributed by atoms with van der Waals surface area (Å²) in [4.78, 5) is 18.8. The van der Waals surface area contributed by atoms with Gasteiger partial charge in [0.1, 0.15) is 11.6 Å². The number of carbonyl (C=O) groups is 1. The van der Waals surface area contributed by atoms with Crippen LogP contribution in [-0.2, 0) is 24.2 Å². The van der Waals surface area contributed by atoms with E-state index in [1.807, 2.05) is 6.07 Å². The van der Waals surface area contributed by atoms with Crippen LogP contribution in [0.1, 0.15) is 16.7 Å². The van der Waals surface area contributed by atoms with E-state index in [4.69, 9.17) is 0 Å². The molecule has 0 bridgehead atoms. The van der Waals surface area contributed by atoms with Crippen LogP contribution in [0.5, 0.6) is 0 Å². The standard InChI is InChI=1S/C22H20FN3O/c23-20-8-4-3-6-17(20)13-22(27)25-21-10-9-19(14-24-21)26-12-11-16-5-1-2-7-18(16)15-26/h1-10,14H,11-13,15H2,(H,24,25,27). The molecule has 0 saturated carbocycles. The van der Waals surface area contributed by atoms with E-state index < -0.39 is 0 Å². The summed E-state index contributed by atoms with van der Waals surface area (Å²) in [6, 6.07) is 18.5. The molecule has 4 rings (SSSR count). The Bertz CT molecular complexity index is 956. The minimum absolute atomic E-state index is 0.0149. The number of hydrogen-bond acceptors (Lipinski definition) is 3. The lowest BCUT2D eigenvalue weighted by Crippen LogP contribution is -2.30. The van der Waals surface area contributed by atoms with Crippen LogP contribution >= 0.6 is 0 Å². The monoisotopic (exact) mass is 361 g/mol. The molecule has 5 heteroatoms. The molecule has 0 saturated heterocycles. The zero-order valence-corrected chi connectivity index (χ0v) is 14.9. The second-order valence-corrected chi connectivity index (χ2v) is 6.66. The van der Waals surface area contributed by atoms with Gasteiger partial charge in [-0.2, -0.15) is 0 Å². The number of amides is 1. The van der Waals surface area contributed by atoms with Crippen molar-refractivity contribution in [2.24, 2.45) is 0 Å². The second kappa shape index (κ2) is 7.58. The third-order valence-corrected chi connectivity index (χ3v) is 4.82. The molecule has 0 unspecified atom stereocenters. The maximum atomic E-state index is 13.7. The predicted octanol–water partition coefficient (Wildman–Crippen LogP) is 3.96. The molecular weight excluding hydrogens is 341 g/mol. The molecule has 0 spiro atoms. The summed E-state index contributed by atoms with van der Waals surface area (Å²) in [6.07, 6.45) is 2.77. The molecule has 1 amide bonds. The molecule has 1 aromatic heterocycles. The first kappa shape index (κ1) is 17.2. The normalized spacial score (nSPS) is 13.1. The molecule has 2 heterocycles. The van der Waals surface area contributed by atoms with Gasteiger partial charge in [-0.25, -0.2) is 9.37 Å². The average molecular weight is 361 g/mol. The third kappa shape index (κ3) is 3.97. The summed E-state index contributed by atoms with van der Waals surface area (Å²) in [7, 11) is 0. The lowest BCUT2D eigenvalue weighted by Gasteiger charge is -2.30. The van der Waals surface area contributed by atoms with E-state index in [0.717, 1.165) is 25.2 Å². The van der Waals surface area contributed by atoms with Crippen molar-refractivity contribution in [2.75, 3.05) is 16.8 Å². The molecule has 3 aromatic rings. The van der Waals surface area contributed by atoms with E-state index in [0.29, 0.717) is 11.4 Å². The van der Waals surface area contributed by atoms with E-state index in [1.54, 1.807) is 30.5 Å². The molecule has 0 atom stereocenters. The Morgan fingerprint density at radius 1 is 1.04 bits per heavy atom. The molecule has 0 fully saturated rings. The minimum Gasteiger partial charge on any atom is -0.366 e. The van der Waals surface area contributed by atoms with Gasteiger partial charge in [-0.15, -0.1) is 0 Å². The Balaban J connectivity index is 1.39. The number of nitrogens with zero attached hydrogens (tertiary/aromatic N) is 2. The molecule has 1 aliphatic rings. The Morgan fingerprint density at radius 2 is 1.81 bits per heavy atom. The van der Waals surface area contributed by atoms with E-state index in [2.05, 4.69) is 39.5 Å². The summed E-state index contributed by atoms with van der Waals surface area (Å²) in [5, 5.41) is 2.73. The molecule has 0 radical (unpaired) electrons. The zero-order chi connectivity index (χ0) is 18.6. The van der Waals surface area contributed by atoms with Crippen LogP contribution in [0.25, 0.3) is 0 Å². The van der Waals surface area contributed by atoms with Gasteiger partial charge in [0, 0.05) is 13.1 Å². The second-order valence-electron chi connectivity index (χ2n) is 6.66. The van der Waals surface area contributed by atoms with E-state index in [-0.39, 0.29) is 18.1 Å². The van der Waals surface area contributed by atoms with Crippen molar-refractivity contribution in [3.05, 3.63) is 89.4 Å². The van der Waals surface area contributed by atoms with Crippen LogP contribution in [0.15, 0.2) is 66.9 Å². The molecule has 1 N–H and O–H groups in total. The number of hydrogen-bond donors (Lipinski definition) is 1. The maximum Gasteiger partial charge on any atom is 0.230 e. The van der Waals surface area contributed by atoms with Gasteiger partial charge in [-0.3, -0.25) is 4.79 Å². The highest BCUT2D eigenvalue weighted by Crippen LogP contribution is 2.24. The third-order valence-electron chi connectivity index (χ3n) is 4.82. The molecule has 4 nitrogen and oxygen atoms in total. The number of aromatic nitrogens is 1. The maximum absolute atomic E-state index is 13.7. The van der Waals surface area contributed by atoms with Crippen LogP contribution in [0.2, 0.25) is 0 Å². The Labute approximate surface area is 157 Å². The number of halogens is 1. The van der Waals surface area contributed by atoms with Crippen LogP contribution in [0.4, 0.5) is 15.9 Å². The van der Waals surface area contributed by atoms with Gasteiger partial charge in [0.2, 0.25) is 5.91 Å². The number of pyridine rings is 1. The first-order chi connectivity index (χ1) is 13.2. The largest absolute Gasteiger partial charge is 0.366 e. The van der Waals surface area contributed by atoms with Gasteiger partial charge in [-0.1, -0.05) is 42.5 Å². The van der Waals surface area contributed by atoms with Crippen molar-refractivity contribution in [3.63, 3.8) is 0 Å². The van der Waals surface area contributed by atoms with Crippen molar-refractivity contribution < 1.29 is 9.18 Å². The van der Waals surface area contributed by atoms with Crippen LogP contribution in [0, 0.1) is 5.82 Å². The first-order valence-corrected chi connectivity index (χ1v) is 9.00. The molecule has 27 heavy (non-hydrogen) atoms. The van der Waals surface area contributed by atoms with Gasteiger partial charge >= 0.3 is 0 Å². The van der Waals surface area contributed by atoms with Crippen molar-refractivity contribution in [2.45, 2.75) is 19.4 Å². The van der Waals surface area contributed by atoms with Crippen LogP contribution in [-0.4, -0.2) is 17.4 Å². The van der Waals surface area contributed by atoms with Crippen molar-refractivity contribution in [3.8, 4) is 0 Å². The molecule has 2 aromatic carbocycles.